The van der Waals surface area contributed by atoms with Gasteiger partial charge >= 0.3 is 0 Å². The molecule has 1 aliphatic heterocycles. The number of nitrogens with two attached hydrogens (primary N) is 1. The molecule has 0 atom stereocenters. The first-order valence-corrected chi connectivity index (χ1v) is 11.8. The predicted octanol–water partition coefficient (Wildman–Crippen LogP) is 2.52. The molecule has 3 aromatic rings. The SMILES string of the molecule is COc1ccc(-c2cnc(C(=O)Nc3ccc(C(=O)N(C)C4CN(C(=O)CN)C4)c(Cl)c3)n2C)c(F)c1F. The molecule has 2 heterocycles. The quantitative estimate of drug-likeness (QED) is 0.469. The van der Waals surface area contributed by atoms with Gasteiger partial charge in [-0.05, 0) is 30.3 Å². The van der Waals surface area contributed by atoms with Crippen LogP contribution in [0.5, 0.6) is 5.75 Å². The molecular formula is C25H25ClF2N6O4. The van der Waals surface area contributed by atoms with E-state index >= 15 is 0 Å². The third-order valence-corrected chi connectivity index (χ3v) is 6.76. The second-order valence-corrected chi connectivity index (χ2v) is 9.10. The highest BCUT2D eigenvalue weighted by Crippen LogP contribution is 2.30. The van der Waals surface area contributed by atoms with Gasteiger partial charge in [0, 0.05) is 38.4 Å². The monoisotopic (exact) mass is 546 g/mol. The van der Waals surface area contributed by atoms with Gasteiger partial charge in [0.15, 0.2) is 17.4 Å². The number of anilines is 1. The average Bonchev–Trinajstić information content (AvgIpc) is 3.25. The smallest absolute Gasteiger partial charge is 0.291 e. The van der Waals surface area contributed by atoms with E-state index in [1.54, 1.807) is 11.9 Å². The molecule has 200 valence electrons. The molecule has 13 heteroatoms. The highest BCUT2D eigenvalue weighted by Gasteiger charge is 2.35. The lowest BCUT2D eigenvalue weighted by Gasteiger charge is -2.43. The lowest BCUT2D eigenvalue weighted by atomic mass is 10.1. The minimum atomic E-state index is -1.15. The van der Waals surface area contributed by atoms with Crippen LogP contribution in [0.2, 0.25) is 5.02 Å². The van der Waals surface area contributed by atoms with E-state index < -0.39 is 17.5 Å². The summed E-state index contributed by atoms with van der Waals surface area (Å²) in [5.41, 5.74) is 5.98. The number of likely N-dealkylation sites (tertiary alicyclic amines) is 1. The van der Waals surface area contributed by atoms with E-state index in [0.29, 0.717) is 18.8 Å². The average molecular weight is 547 g/mol. The fourth-order valence-electron chi connectivity index (χ4n) is 4.10. The van der Waals surface area contributed by atoms with Gasteiger partial charge in [0.1, 0.15) is 0 Å². The maximum absolute atomic E-state index is 14.6. The van der Waals surface area contributed by atoms with Crippen molar-refractivity contribution in [3.8, 4) is 17.0 Å². The molecule has 1 aromatic heterocycles. The Bertz CT molecular complexity index is 1420. The van der Waals surface area contributed by atoms with Gasteiger partial charge in [-0.1, -0.05) is 11.6 Å². The van der Waals surface area contributed by atoms with Crippen LogP contribution >= 0.6 is 11.6 Å². The number of halogens is 3. The van der Waals surface area contributed by atoms with Crippen molar-refractivity contribution in [1.29, 1.82) is 0 Å². The summed E-state index contributed by atoms with van der Waals surface area (Å²) in [4.78, 5) is 44.6. The third-order valence-electron chi connectivity index (χ3n) is 6.45. The normalized spacial score (nSPS) is 13.2. The zero-order chi connectivity index (χ0) is 27.7. The molecule has 1 saturated heterocycles. The van der Waals surface area contributed by atoms with Gasteiger partial charge < -0.3 is 30.2 Å². The molecule has 0 aliphatic carbocycles. The summed E-state index contributed by atoms with van der Waals surface area (Å²) in [7, 11) is 4.34. The largest absolute Gasteiger partial charge is 0.494 e. The van der Waals surface area contributed by atoms with Crippen molar-refractivity contribution in [3.05, 3.63) is 64.6 Å². The molecule has 0 spiro atoms. The Balaban J connectivity index is 1.46. The van der Waals surface area contributed by atoms with E-state index in [-0.39, 0.29) is 57.8 Å². The molecule has 3 N–H and O–H groups in total. The number of hydrogen-bond donors (Lipinski definition) is 2. The number of nitrogens with zero attached hydrogens (tertiary/aromatic N) is 4. The molecule has 0 unspecified atom stereocenters. The Morgan fingerprint density at radius 1 is 1.21 bits per heavy atom. The summed E-state index contributed by atoms with van der Waals surface area (Å²) in [5, 5.41) is 2.75. The van der Waals surface area contributed by atoms with Crippen molar-refractivity contribution < 1.29 is 27.9 Å². The van der Waals surface area contributed by atoms with Crippen LogP contribution in [-0.2, 0) is 11.8 Å². The zero-order valence-electron chi connectivity index (χ0n) is 20.8. The van der Waals surface area contributed by atoms with E-state index in [2.05, 4.69) is 10.3 Å². The van der Waals surface area contributed by atoms with Gasteiger partial charge in [0.25, 0.3) is 11.8 Å². The van der Waals surface area contributed by atoms with Crippen LogP contribution in [0.4, 0.5) is 14.5 Å². The van der Waals surface area contributed by atoms with Crippen molar-refractivity contribution in [2.75, 3.05) is 39.1 Å². The summed E-state index contributed by atoms with van der Waals surface area (Å²) >= 11 is 6.35. The van der Waals surface area contributed by atoms with Crippen LogP contribution < -0.4 is 15.8 Å². The van der Waals surface area contributed by atoms with Gasteiger partial charge in [-0.3, -0.25) is 14.4 Å². The number of imidazole rings is 1. The molecule has 2 aromatic carbocycles. The van der Waals surface area contributed by atoms with Crippen molar-refractivity contribution in [2.24, 2.45) is 12.8 Å². The number of methoxy groups -OCH3 is 1. The standard InChI is InChI=1S/C25H25ClF2N6O4/c1-32(14-11-34(12-14)20(35)9-29)25(37)15-5-4-13(8-17(15)26)31-24(36)23-30-10-18(33(23)2)16-6-7-19(38-3)22(28)21(16)27/h4-8,10,14H,9,11-12,29H2,1-3H3,(H,31,36). The lowest BCUT2D eigenvalue weighted by molar-refractivity contribution is -0.136. The number of amides is 3. The number of benzene rings is 2. The number of carbonyl (C=O) groups excluding carboxylic acids is 3. The summed E-state index contributed by atoms with van der Waals surface area (Å²) < 4.78 is 34.8. The van der Waals surface area contributed by atoms with Crippen LogP contribution in [0, 0.1) is 11.6 Å². The highest BCUT2D eigenvalue weighted by molar-refractivity contribution is 6.34. The number of carbonyl (C=O) groups is 3. The number of hydrogen-bond acceptors (Lipinski definition) is 6. The molecule has 3 amide bonds. The van der Waals surface area contributed by atoms with Crippen LogP contribution in [0.25, 0.3) is 11.3 Å². The van der Waals surface area contributed by atoms with E-state index in [9.17, 15) is 23.2 Å². The lowest BCUT2D eigenvalue weighted by Crippen LogP contribution is -2.62. The summed E-state index contributed by atoms with van der Waals surface area (Å²) in [6, 6.07) is 6.88. The Kier molecular flexibility index (Phi) is 7.65. The van der Waals surface area contributed by atoms with Gasteiger partial charge in [-0.25, -0.2) is 9.37 Å². The fourth-order valence-corrected chi connectivity index (χ4v) is 4.36. The Morgan fingerprint density at radius 2 is 1.92 bits per heavy atom. The topological polar surface area (TPSA) is 123 Å². The van der Waals surface area contributed by atoms with Crippen LogP contribution in [0.3, 0.4) is 0 Å². The van der Waals surface area contributed by atoms with Crippen molar-refractivity contribution in [1.82, 2.24) is 19.4 Å². The van der Waals surface area contributed by atoms with Crippen LogP contribution in [0.15, 0.2) is 36.5 Å². The number of ether oxygens (including phenoxy) is 1. The van der Waals surface area contributed by atoms with Crippen molar-refractivity contribution in [2.45, 2.75) is 6.04 Å². The van der Waals surface area contributed by atoms with Gasteiger partial charge in [0.2, 0.25) is 11.7 Å². The highest BCUT2D eigenvalue weighted by atomic mass is 35.5. The summed E-state index contributed by atoms with van der Waals surface area (Å²) in [5.74, 6) is -3.72. The maximum atomic E-state index is 14.6. The maximum Gasteiger partial charge on any atom is 0.291 e. The van der Waals surface area contributed by atoms with Crippen molar-refractivity contribution in [3.63, 3.8) is 0 Å². The number of likely N-dealkylation sites (N-methyl/N-ethyl adjacent to an activating group) is 1. The fraction of sp³-hybridized carbons (Fsp3) is 0.280. The van der Waals surface area contributed by atoms with E-state index in [4.69, 9.17) is 22.1 Å². The molecular weight excluding hydrogens is 522 g/mol. The molecule has 38 heavy (non-hydrogen) atoms. The molecule has 10 nitrogen and oxygen atoms in total. The minimum absolute atomic E-state index is 0.0619. The van der Waals surface area contributed by atoms with Gasteiger partial charge in [0.05, 0.1) is 42.2 Å². The Morgan fingerprint density at radius 3 is 2.55 bits per heavy atom. The first kappa shape index (κ1) is 27.0. The molecule has 1 aliphatic rings. The zero-order valence-corrected chi connectivity index (χ0v) is 21.6. The van der Waals surface area contributed by atoms with Crippen LogP contribution in [0.1, 0.15) is 21.0 Å². The first-order valence-electron chi connectivity index (χ1n) is 11.5. The van der Waals surface area contributed by atoms with Gasteiger partial charge in [-0.2, -0.15) is 4.39 Å². The minimum Gasteiger partial charge on any atom is -0.494 e. The van der Waals surface area contributed by atoms with Crippen molar-refractivity contribution >= 4 is 35.0 Å². The summed E-state index contributed by atoms with van der Waals surface area (Å²) in [6.45, 7) is 0.700. The van der Waals surface area contributed by atoms with E-state index in [1.165, 1.54) is 60.2 Å². The second-order valence-electron chi connectivity index (χ2n) is 8.69. The van der Waals surface area contributed by atoms with Gasteiger partial charge in [-0.15, -0.1) is 0 Å². The second kappa shape index (κ2) is 10.8. The molecule has 0 radical (unpaired) electrons. The predicted molar refractivity (Wildman–Crippen MR) is 136 cm³/mol. The number of rotatable bonds is 7. The Labute approximate surface area is 221 Å². The van der Waals surface area contributed by atoms with E-state index in [1.807, 2.05) is 0 Å². The molecule has 0 saturated carbocycles. The third kappa shape index (κ3) is 4.92. The first-order chi connectivity index (χ1) is 18.1. The molecule has 1 fully saturated rings. The molecule has 4 rings (SSSR count). The van der Waals surface area contributed by atoms with Crippen LogP contribution in [-0.4, -0.2) is 76.9 Å². The number of nitrogens with one attached hydrogen (secondary N) is 1. The molecule has 0 bridgehead atoms. The summed E-state index contributed by atoms with van der Waals surface area (Å²) in [6.07, 6.45) is 1.26. The van der Waals surface area contributed by atoms with E-state index in [0.717, 1.165) is 0 Å². The number of aromatic nitrogens is 2. The Hall–Kier alpha value is -4.03.